The monoisotopic (exact) mass is 474 g/mol. The van der Waals surface area contributed by atoms with Gasteiger partial charge in [-0.3, -0.25) is 9.71 Å². The van der Waals surface area contributed by atoms with Crippen LogP contribution in [0.5, 0.6) is 0 Å². The van der Waals surface area contributed by atoms with Gasteiger partial charge in [0.15, 0.2) is 0 Å². The number of amides is 2. The van der Waals surface area contributed by atoms with E-state index in [0.717, 1.165) is 15.6 Å². The molecule has 0 aliphatic carbocycles. The number of aryl methyl sites for hydroxylation is 1. The number of hydrogen-bond donors (Lipinski definition) is 3. The zero-order valence-corrected chi connectivity index (χ0v) is 17.9. The standard InChI is InChI=1S/C20H19BrN4O3S/c1-14-11-17(6-9-19(14)21)25-29(27,28)18-7-4-16(5-8-18)24-20(26)23-13-15-3-2-10-22-12-15/h2-12,25H,13H2,1H3,(H2,23,24,26). The smallest absolute Gasteiger partial charge is 0.319 e. The highest BCUT2D eigenvalue weighted by Crippen LogP contribution is 2.23. The SMILES string of the molecule is Cc1cc(NS(=O)(=O)c2ccc(NC(=O)NCc3cccnc3)cc2)ccc1Br. The first-order chi connectivity index (χ1) is 13.8. The van der Waals surface area contributed by atoms with Crippen LogP contribution in [-0.4, -0.2) is 19.4 Å². The number of halogens is 1. The minimum Gasteiger partial charge on any atom is -0.334 e. The molecule has 0 aliphatic heterocycles. The van der Waals surface area contributed by atoms with E-state index in [-0.39, 0.29) is 4.90 Å². The van der Waals surface area contributed by atoms with Crippen LogP contribution in [0.3, 0.4) is 0 Å². The van der Waals surface area contributed by atoms with E-state index in [1.165, 1.54) is 24.3 Å². The third-order valence-electron chi connectivity index (χ3n) is 4.01. The van der Waals surface area contributed by atoms with Crippen LogP contribution in [0.2, 0.25) is 0 Å². The second-order valence-electron chi connectivity index (χ2n) is 6.26. The summed E-state index contributed by atoms with van der Waals surface area (Å²) in [6.07, 6.45) is 3.33. The van der Waals surface area contributed by atoms with E-state index < -0.39 is 16.1 Å². The first kappa shape index (κ1) is 20.8. The average Bonchev–Trinajstić information content (AvgIpc) is 2.70. The number of urea groups is 1. The average molecular weight is 475 g/mol. The van der Waals surface area contributed by atoms with Gasteiger partial charge in [-0.25, -0.2) is 13.2 Å². The number of nitrogens with zero attached hydrogens (tertiary/aromatic N) is 1. The quantitative estimate of drug-likeness (QED) is 0.496. The summed E-state index contributed by atoms with van der Waals surface area (Å²) in [5.74, 6) is 0. The number of benzene rings is 2. The summed E-state index contributed by atoms with van der Waals surface area (Å²) in [5, 5.41) is 5.37. The highest BCUT2D eigenvalue weighted by Gasteiger charge is 2.15. The summed E-state index contributed by atoms with van der Waals surface area (Å²) >= 11 is 3.39. The van der Waals surface area contributed by atoms with Gasteiger partial charge >= 0.3 is 6.03 Å². The fourth-order valence-electron chi connectivity index (χ4n) is 2.50. The number of hydrogen-bond acceptors (Lipinski definition) is 4. The Morgan fingerprint density at radius 2 is 1.79 bits per heavy atom. The molecule has 1 heterocycles. The van der Waals surface area contributed by atoms with Gasteiger partial charge in [-0.05, 0) is 66.6 Å². The second-order valence-corrected chi connectivity index (χ2v) is 8.80. The number of rotatable bonds is 6. The maximum atomic E-state index is 12.6. The number of anilines is 2. The lowest BCUT2D eigenvalue weighted by Crippen LogP contribution is -2.28. The fraction of sp³-hybridized carbons (Fsp3) is 0.100. The molecule has 3 aromatic rings. The molecule has 1 aromatic heterocycles. The predicted molar refractivity (Wildman–Crippen MR) is 116 cm³/mol. The van der Waals surface area contributed by atoms with Crippen molar-refractivity contribution in [3.63, 3.8) is 0 Å². The van der Waals surface area contributed by atoms with E-state index >= 15 is 0 Å². The van der Waals surface area contributed by atoms with Crippen molar-refractivity contribution in [2.75, 3.05) is 10.0 Å². The lowest BCUT2D eigenvalue weighted by atomic mass is 10.2. The first-order valence-electron chi connectivity index (χ1n) is 8.66. The molecule has 0 bridgehead atoms. The Labute approximate surface area is 177 Å². The molecular formula is C20H19BrN4O3S. The molecule has 0 radical (unpaired) electrons. The largest absolute Gasteiger partial charge is 0.334 e. The van der Waals surface area contributed by atoms with Crippen LogP contribution >= 0.6 is 15.9 Å². The zero-order valence-electron chi connectivity index (χ0n) is 15.5. The third kappa shape index (κ3) is 5.78. The van der Waals surface area contributed by atoms with E-state index in [1.54, 1.807) is 36.7 Å². The lowest BCUT2D eigenvalue weighted by molar-refractivity contribution is 0.251. The van der Waals surface area contributed by atoms with Gasteiger partial charge in [0.1, 0.15) is 0 Å². The van der Waals surface area contributed by atoms with Gasteiger partial charge in [0.25, 0.3) is 10.0 Å². The summed E-state index contributed by atoms with van der Waals surface area (Å²) < 4.78 is 28.6. The summed E-state index contributed by atoms with van der Waals surface area (Å²) in [7, 11) is -3.74. The number of pyridine rings is 1. The van der Waals surface area contributed by atoms with Crippen LogP contribution < -0.4 is 15.4 Å². The van der Waals surface area contributed by atoms with Crippen molar-refractivity contribution in [3.05, 3.63) is 82.6 Å². The molecule has 2 amide bonds. The van der Waals surface area contributed by atoms with Gasteiger partial charge in [-0.2, -0.15) is 0 Å². The maximum absolute atomic E-state index is 12.6. The Morgan fingerprint density at radius 1 is 1.07 bits per heavy atom. The molecule has 0 aliphatic rings. The van der Waals surface area contributed by atoms with Gasteiger partial charge in [-0.1, -0.05) is 22.0 Å². The molecule has 3 N–H and O–H groups in total. The minimum absolute atomic E-state index is 0.0967. The highest BCUT2D eigenvalue weighted by molar-refractivity contribution is 9.10. The molecule has 0 atom stereocenters. The van der Waals surface area contributed by atoms with Crippen LogP contribution in [0.15, 0.2) is 76.4 Å². The topological polar surface area (TPSA) is 100 Å². The summed E-state index contributed by atoms with van der Waals surface area (Å²) in [6.45, 7) is 2.21. The van der Waals surface area contributed by atoms with Crippen molar-refractivity contribution in [3.8, 4) is 0 Å². The van der Waals surface area contributed by atoms with Crippen molar-refractivity contribution in [1.29, 1.82) is 0 Å². The molecule has 29 heavy (non-hydrogen) atoms. The molecule has 150 valence electrons. The van der Waals surface area contributed by atoms with E-state index in [2.05, 4.69) is 36.3 Å². The molecule has 9 heteroatoms. The van der Waals surface area contributed by atoms with Crippen molar-refractivity contribution in [2.24, 2.45) is 0 Å². The molecule has 3 rings (SSSR count). The Kier molecular flexibility index (Phi) is 6.50. The van der Waals surface area contributed by atoms with E-state index in [4.69, 9.17) is 0 Å². The van der Waals surface area contributed by atoms with Crippen LogP contribution in [-0.2, 0) is 16.6 Å². The summed E-state index contributed by atoms with van der Waals surface area (Å²) in [6, 6.07) is 14.4. The molecule has 0 saturated carbocycles. The van der Waals surface area contributed by atoms with E-state index in [1.807, 2.05) is 13.0 Å². The Bertz CT molecular complexity index is 1100. The fourth-order valence-corrected chi connectivity index (χ4v) is 3.80. The van der Waals surface area contributed by atoms with Crippen molar-refractivity contribution in [1.82, 2.24) is 10.3 Å². The predicted octanol–water partition coefficient (Wildman–Crippen LogP) is 4.28. The minimum atomic E-state index is -3.74. The van der Waals surface area contributed by atoms with Gasteiger partial charge in [0, 0.05) is 34.8 Å². The van der Waals surface area contributed by atoms with Crippen LogP contribution in [0, 0.1) is 6.92 Å². The number of sulfonamides is 1. The van der Waals surface area contributed by atoms with Crippen molar-refractivity contribution < 1.29 is 13.2 Å². The molecular weight excluding hydrogens is 456 g/mol. The van der Waals surface area contributed by atoms with Gasteiger partial charge in [0.2, 0.25) is 0 Å². The van der Waals surface area contributed by atoms with Crippen LogP contribution in [0.1, 0.15) is 11.1 Å². The Hall–Kier alpha value is -2.91. The first-order valence-corrected chi connectivity index (χ1v) is 10.9. The summed E-state index contributed by atoms with van der Waals surface area (Å²) in [4.78, 5) is 16.1. The van der Waals surface area contributed by atoms with Gasteiger partial charge in [0.05, 0.1) is 4.90 Å². The number of carbonyl (C=O) groups is 1. The second kappa shape index (κ2) is 9.06. The molecule has 0 spiro atoms. The van der Waals surface area contributed by atoms with E-state index in [0.29, 0.717) is 17.9 Å². The number of nitrogens with one attached hydrogen (secondary N) is 3. The highest BCUT2D eigenvalue weighted by atomic mass is 79.9. The Morgan fingerprint density at radius 3 is 2.45 bits per heavy atom. The van der Waals surface area contributed by atoms with Crippen molar-refractivity contribution >= 4 is 43.4 Å². The normalized spacial score (nSPS) is 11.0. The third-order valence-corrected chi connectivity index (χ3v) is 6.30. The molecule has 0 unspecified atom stereocenters. The van der Waals surface area contributed by atoms with Gasteiger partial charge < -0.3 is 10.6 Å². The number of aromatic nitrogens is 1. The zero-order chi connectivity index (χ0) is 20.9. The number of carbonyl (C=O) groups excluding carboxylic acids is 1. The van der Waals surface area contributed by atoms with Crippen molar-refractivity contribution in [2.45, 2.75) is 18.4 Å². The Balaban J connectivity index is 1.61. The molecule has 0 saturated heterocycles. The van der Waals surface area contributed by atoms with Crippen LogP contribution in [0.25, 0.3) is 0 Å². The molecule has 2 aromatic carbocycles. The lowest BCUT2D eigenvalue weighted by Gasteiger charge is -2.11. The van der Waals surface area contributed by atoms with E-state index in [9.17, 15) is 13.2 Å². The molecule has 0 fully saturated rings. The maximum Gasteiger partial charge on any atom is 0.319 e. The van der Waals surface area contributed by atoms with Crippen LogP contribution in [0.4, 0.5) is 16.2 Å². The molecule has 7 nitrogen and oxygen atoms in total. The van der Waals surface area contributed by atoms with Gasteiger partial charge in [-0.15, -0.1) is 0 Å². The summed E-state index contributed by atoms with van der Waals surface area (Å²) in [5.41, 5.74) is 2.75.